The third-order valence-corrected chi connectivity index (χ3v) is 6.50. The molecule has 1 aromatic carbocycles. The number of fused-ring (bicyclic) bond motifs is 1. The number of rotatable bonds is 8. The van der Waals surface area contributed by atoms with E-state index in [9.17, 15) is 14.4 Å². The van der Waals surface area contributed by atoms with Gasteiger partial charge < -0.3 is 25.6 Å². The van der Waals surface area contributed by atoms with Gasteiger partial charge in [0.25, 0.3) is 0 Å². The molecular weight excluding hydrogens is 414 g/mol. The van der Waals surface area contributed by atoms with E-state index in [4.69, 9.17) is 15.4 Å². The first-order chi connectivity index (χ1) is 15.4. The van der Waals surface area contributed by atoms with Gasteiger partial charge in [0, 0.05) is 13.1 Å². The molecule has 1 saturated carbocycles. The average molecular weight is 444 g/mol. The molecule has 32 heavy (non-hydrogen) atoms. The Bertz CT molecular complexity index is 1000. The number of aliphatic carboxylic acids is 1. The number of hydrogen-bond donors (Lipinski definition) is 4. The Morgan fingerprint density at radius 2 is 2.00 bits per heavy atom. The molecule has 2 aliphatic rings. The van der Waals surface area contributed by atoms with E-state index in [1.54, 1.807) is 17.0 Å². The SMILES string of the molecule is Nc1noc2cc(CNC(=O)C3CCN3C(=O)[C@H](NCC(=O)O)C3CCCCC3)ccc12. The van der Waals surface area contributed by atoms with Gasteiger partial charge >= 0.3 is 5.97 Å². The zero-order valence-electron chi connectivity index (χ0n) is 17.9. The summed E-state index contributed by atoms with van der Waals surface area (Å²) in [4.78, 5) is 38.6. The Balaban J connectivity index is 1.37. The molecule has 2 heterocycles. The summed E-state index contributed by atoms with van der Waals surface area (Å²) in [6, 6.07) is 4.31. The Kier molecular flexibility index (Phi) is 6.59. The first-order valence-corrected chi connectivity index (χ1v) is 11.1. The normalized spacial score (nSPS) is 20.0. The average Bonchev–Trinajstić information content (AvgIpc) is 3.12. The minimum Gasteiger partial charge on any atom is -0.480 e. The van der Waals surface area contributed by atoms with Crippen LogP contribution in [0, 0.1) is 5.92 Å². The molecule has 0 radical (unpaired) electrons. The first-order valence-electron chi connectivity index (χ1n) is 11.1. The minimum atomic E-state index is -0.998. The van der Waals surface area contributed by atoms with Crippen LogP contribution in [0.3, 0.4) is 0 Å². The molecule has 4 rings (SSSR count). The summed E-state index contributed by atoms with van der Waals surface area (Å²) >= 11 is 0. The molecule has 2 fully saturated rings. The Hall–Kier alpha value is -3.14. The third-order valence-electron chi connectivity index (χ3n) is 6.50. The lowest BCUT2D eigenvalue weighted by molar-refractivity contribution is -0.150. The molecule has 0 spiro atoms. The van der Waals surface area contributed by atoms with Gasteiger partial charge in [0.1, 0.15) is 6.04 Å². The third kappa shape index (κ3) is 4.69. The molecule has 0 bridgehead atoms. The van der Waals surface area contributed by atoms with Crippen LogP contribution in [0.1, 0.15) is 44.1 Å². The molecule has 2 amide bonds. The second-order valence-electron chi connectivity index (χ2n) is 8.60. The van der Waals surface area contributed by atoms with Gasteiger partial charge in [-0.25, -0.2) is 0 Å². The fourth-order valence-electron chi connectivity index (χ4n) is 4.64. The summed E-state index contributed by atoms with van der Waals surface area (Å²) in [5, 5.41) is 19.3. The molecule has 5 N–H and O–H groups in total. The molecule has 1 unspecified atom stereocenters. The van der Waals surface area contributed by atoms with Gasteiger partial charge in [-0.2, -0.15) is 0 Å². The van der Waals surface area contributed by atoms with Crippen molar-refractivity contribution < 1.29 is 24.0 Å². The number of hydrogen-bond acceptors (Lipinski definition) is 7. The van der Waals surface area contributed by atoms with E-state index in [2.05, 4.69) is 15.8 Å². The van der Waals surface area contributed by atoms with Crippen LogP contribution in [0.4, 0.5) is 5.82 Å². The van der Waals surface area contributed by atoms with Crippen molar-refractivity contribution >= 4 is 34.6 Å². The van der Waals surface area contributed by atoms with Crippen LogP contribution in [0.25, 0.3) is 11.0 Å². The van der Waals surface area contributed by atoms with E-state index in [1.165, 1.54) is 0 Å². The van der Waals surface area contributed by atoms with Crippen molar-refractivity contribution in [2.45, 2.75) is 57.2 Å². The summed E-state index contributed by atoms with van der Waals surface area (Å²) < 4.78 is 5.16. The minimum absolute atomic E-state index is 0.0981. The Morgan fingerprint density at radius 1 is 1.22 bits per heavy atom. The van der Waals surface area contributed by atoms with Gasteiger partial charge in [-0.05, 0) is 42.9 Å². The van der Waals surface area contributed by atoms with Crippen molar-refractivity contribution in [1.82, 2.24) is 20.7 Å². The summed E-state index contributed by atoms with van der Waals surface area (Å²) in [6.45, 7) is 0.516. The number of carbonyl (C=O) groups excluding carboxylic acids is 2. The van der Waals surface area contributed by atoms with E-state index in [-0.39, 0.29) is 30.8 Å². The first kappa shape index (κ1) is 22.1. The van der Waals surface area contributed by atoms with Gasteiger partial charge in [0.05, 0.1) is 18.0 Å². The number of likely N-dealkylation sites (tertiary alicyclic amines) is 1. The quantitative estimate of drug-likeness (QED) is 0.476. The molecule has 1 saturated heterocycles. The standard InChI is InChI=1S/C22H29N5O5/c23-20-15-7-6-13(10-17(15)32-26-20)11-25-21(30)16-8-9-27(16)22(31)19(24-12-18(28)29)14-4-2-1-3-5-14/h6-7,10,14,16,19,24H,1-5,8-9,11-12H2,(H2,23,26)(H,25,30)(H,28,29)/t16?,19-/m1/s1. The molecule has 1 aliphatic heterocycles. The maximum absolute atomic E-state index is 13.2. The second kappa shape index (κ2) is 9.56. The van der Waals surface area contributed by atoms with Gasteiger partial charge in [-0.1, -0.05) is 30.5 Å². The number of anilines is 1. The topological polar surface area (TPSA) is 151 Å². The van der Waals surface area contributed by atoms with E-state index >= 15 is 0 Å². The molecule has 172 valence electrons. The van der Waals surface area contributed by atoms with Crippen molar-refractivity contribution in [2.24, 2.45) is 5.92 Å². The monoisotopic (exact) mass is 443 g/mol. The maximum Gasteiger partial charge on any atom is 0.317 e. The smallest absolute Gasteiger partial charge is 0.317 e. The van der Waals surface area contributed by atoms with Gasteiger partial charge in [-0.15, -0.1) is 0 Å². The van der Waals surface area contributed by atoms with E-state index in [0.29, 0.717) is 24.4 Å². The number of carbonyl (C=O) groups is 3. The largest absolute Gasteiger partial charge is 0.480 e. The van der Waals surface area contributed by atoms with Crippen LogP contribution >= 0.6 is 0 Å². The molecule has 2 aromatic rings. The van der Waals surface area contributed by atoms with Gasteiger partial charge in [0.15, 0.2) is 11.4 Å². The summed E-state index contributed by atoms with van der Waals surface area (Å²) in [5.74, 6) is -0.975. The Morgan fingerprint density at radius 3 is 2.69 bits per heavy atom. The van der Waals surface area contributed by atoms with Crippen LogP contribution in [0.15, 0.2) is 22.7 Å². The lowest BCUT2D eigenvalue weighted by Gasteiger charge is -2.43. The number of nitrogen functional groups attached to an aromatic ring is 1. The van der Waals surface area contributed by atoms with Crippen LogP contribution in [-0.2, 0) is 20.9 Å². The van der Waals surface area contributed by atoms with Crippen molar-refractivity contribution in [3.05, 3.63) is 23.8 Å². The Labute approximate surface area is 185 Å². The molecule has 2 atom stereocenters. The second-order valence-corrected chi connectivity index (χ2v) is 8.60. The summed E-state index contributed by atoms with van der Waals surface area (Å²) in [7, 11) is 0. The number of nitrogens with two attached hydrogens (primary N) is 1. The van der Waals surface area contributed by atoms with Crippen molar-refractivity contribution in [1.29, 1.82) is 0 Å². The van der Waals surface area contributed by atoms with Crippen LogP contribution < -0.4 is 16.4 Å². The molecule has 1 aromatic heterocycles. The molecule has 1 aliphatic carbocycles. The zero-order valence-corrected chi connectivity index (χ0v) is 17.9. The maximum atomic E-state index is 13.2. The predicted octanol–water partition coefficient (Wildman–Crippen LogP) is 1.25. The number of nitrogens with one attached hydrogen (secondary N) is 2. The lowest BCUT2D eigenvalue weighted by Crippen LogP contribution is -2.63. The van der Waals surface area contributed by atoms with Gasteiger partial charge in [-0.3, -0.25) is 19.7 Å². The molecule has 10 heteroatoms. The zero-order chi connectivity index (χ0) is 22.7. The molecule has 10 nitrogen and oxygen atoms in total. The number of carboxylic acids is 1. The van der Waals surface area contributed by atoms with E-state index < -0.39 is 18.1 Å². The summed E-state index contributed by atoms with van der Waals surface area (Å²) in [6.07, 6.45) is 5.58. The number of aromatic nitrogens is 1. The fraction of sp³-hybridized carbons (Fsp3) is 0.545. The van der Waals surface area contributed by atoms with E-state index in [1.807, 2.05) is 6.07 Å². The molecular formula is C22H29N5O5. The number of nitrogens with zero attached hydrogens (tertiary/aromatic N) is 2. The van der Waals surface area contributed by atoms with Crippen LogP contribution in [0.2, 0.25) is 0 Å². The number of amides is 2. The fourth-order valence-corrected chi connectivity index (χ4v) is 4.64. The highest BCUT2D eigenvalue weighted by atomic mass is 16.5. The van der Waals surface area contributed by atoms with Crippen LogP contribution in [-0.4, -0.2) is 58.1 Å². The van der Waals surface area contributed by atoms with Crippen molar-refractivity contribution in [3.63, 3.8) is 0 Å². The highest BCUT2D eigenvalue weighted by Crippen LogP contribution is 2.29. The highest BCUT2D eigenvalue weighted by molar-refractivity contribution is 5.92. The summed E-state index contributed by atoms with van der Waals surface area (Å²) in [5.41, 5.74) is 7.11. The van der Waals surface area contributed by atoms with E-state index in [0.717, 1.165) is 43.1 Å². The van der Waals surface area contributed by atoms with Crippen LogP contribution in [0.5, 0.6) is 0 Å². The van der Waals surface area contributed by atoms with Gasteiger partial charge in [0.2, 0.25) is 11.8 Å². The van der Waals surface area contributed by atoms with Crippen molar-refractivity contribution in [2.75, 3.05) is 18.8 Å². The predicted molar refractivity (Wildman–Crippen MR) is 116 cm³/mol. The highest BCUT2D eigenvalue weighted by Gasteiger charge is 2.42. The lowest BCUT2D eigenvalue weighted by atomic mass is 9.82. The number of carboxylic acid groups (broad SMARTS) is 1. The number of benzene rings is 1. The van der Waals surface area contributed by atoms with Crippen molar-refractivity contribution in [3.8, 4) is 0 Å².